The summed E-state index contributed by atoms with van der Waals surface area (Å²) in [5.41, 5.74) is 2.41. The summed E-state index contributed by atoms with van der Waals surface area (Å²) in [7, 11) is 0. The molecule has 3 aromatic carbocycles. The zero-order valence-corrected chi connectivity index (χ0v) is 12.3. The summed E-state index contributed by atoms with van der Waals surface area (Å²) >= 11 is 0. The highest BCUT2D eigenvalue weighted by Gasteiger charge is 2.12. The number of hydrogen-bond donors (Lipinski definition) is 1. The van der Waals surface area contributed by atoms with Gasteiger partial charge in [-0.05, 0) is 41.6 Å². The van der Waals surface area contributed by atoms with E-state index in [9.17, 15) is 9.18 Å². The van der Waals surface area contributed by atoms with Gasteiger partial charge in [0.15, 0.2) is 0 Å². The number of rotatable bonds is 3. The topological polar surface area (TPSA) is 29.1 Å². The normalized spacial score (nSPS) is 10.6. The van der Waals surface area contributed by atoms with Crippen molar-refractivity contribution in [3.8, 4) is 0 Å². The summed E-state index contributed by atoms with van der Waals surface area (Å²) in [6.45, 7) is 2.08. The number of amides is 1. The maximum atomic E-state index is 13.8. The molecule has 0 heterocycles. The van der Waals surface area contributed by atoms with Crippen LogP contribution in [0.2, 0.25) is 0 Å². The molecule has 3 aromatic rings. The summed E-state index contributed by atoms with van der Waals surface area (Å²) < 4.78 is 13.8. The first-order valence-corrected chi connectivity index (χ1v) is 7.26. The molecule has 3 rings (SSSR count). The van der Waals surface area contributed by atoms with E-state index >= 15 is 0 Å². The smallest absolute Gasteiger partial charge is 0.256 e. The monoisotopic (exact) mass is 293 g/mol. The third-order valence-corrected chi connectivity index (χ3v) is 3.74. The lowest BCUT2D eigenvalue weighted by atomic mass is 10.0. The van der Waals surface area contributed by atoms with Gasteiger partial charge in [-0.1, -0.05) is 43.3 Å². The quantitative estimate of drug-likeness (QED) is 0.739. The van der Waals surface area contributed by atoms with Crippen molar-refractivity contribution in [2.24, 2.45) is 0 Å². The standard InChI is InChI=1S/C19H16FNO/c1-2-13-7-9-14(10-8-13)21-19(22)17-11-12-18(20)16-6-4-3-5-15(16)17/h3-12H,2H2,1H3,(H,21,22). The number of aryl methyl sites for hydroxylation is 1. The van der Waals surface area contributed by atoms with Gasteiger partial charge in [0.05, 0.1) is 0 Å². The van der Waals surface area contributed by atoms with E-state index < -0.39 is 0 Å². The molecule has 1 amide bonds. The van der Waals surface area contributed by atoms with Crippen LogP contribution in [0, 0.1) is 5.82 Å². The van der Waals surface area contributed by atoms with E-state index in [-0.39, 0.29) is 11.7 Å². The summed E-state index contributed by atoms with van der Waals surface area (Å²) in [5, 5.41) is 3.93. The summed E-state index contributed by atoms with van der Waals surface area (Å²) in [5.74, 6) is -0.556. The molecule has 0 spiro atoms. The third kappa shape index (κ3) is 2.70. The lowest BCUT2D eigenvalue weighted by Gasteiger charge is -2.09. The number of carbonyl (C=O) groups is 1. The lowest BCUT2D eigenvalue weighted by Crippen LogP contribution is -2.12. The van der Waals surface area contributed by atoms with Crippen molar-refractivity contribution in [3.63, 3.8) is 0 Å². The van der Waals surface area contributed by atoms with Crippen molar-refractivity contribution >= 4 is 22.4 Å². The fourth-order valence-electron chi connectivity index (χ4n) is 2.48. The van der Waals surface area contributed by atoms with Gasteiger partial charge in [0.2, 0.25) is 0 Å². The van der Waals surface area contributed by atoms with Gasteiger partial charge in [0.1, 0.15) is 5.82 Å². The van der Waals surface area contributed by atoms with Crippen LogP contribution in [0.1, 0.15) is 22.8 Å². The zero-order valence-electron chi connectivity index (χ0n) is 12.3. The largest absolute Gasteiger partial charge is 0.322 e. The van der Waals surface area contributed by atoms with Crippen molar-refractivity contribution in [1.29, 1.82) is 0 Å². The molecule has 0 atom stereocenters. The van der Waals surface area contributed by atoms with E-state index in [2.05, 4.69) is 12.2 Å². The van der Waals surface area contributed by atoms with E-state index in [1.165, 1.54) is 17.7 Å². The molecule has 0 aromatic heterocycles. The minimum atomic E-state index is -0.320. The van der Waals surface area contributed by atoms with Crippen LogP contribution >= 0.6 is 0 Å². The average molecular weight is 293 g/mol. The second-order valence-corrected chi connectivity index (χ2v) is 5.15. The van der Waals surface area contributed by atoms with Gasteiger partial charge in [0.25, 0.3) is 5.91 Å². The molecule has 0 saturated carbocycles. The number of benzene rings is 3. The van der Waals surface area contributed by atoms with Gasteiger partial charge < -0.3 is 5.32 Å². The molecule has 0 unspecified atom stereocenters. The lowest BCUT2D eigenvalue weighted by molar-refractivity contribution is 0.102. The molecule has 0 aliphatic carbocycles. The van der Waals surface area contributed by atoms with Gasteiger partial charge in [-0.25, -0.2) is 4.39 Å². The summed E-state index contributed by atoms with van der Waals surface area (Å²) in [6.07, 6.45) is 0.955. The second kappa shape index (κ2) is 5.98. The fraction of sp³-hybridized carbons (Fsp3) is 0.105. The predicted molar refractivity (Wildman–Crippen MR) is 87.7 cm³/mol. The fourth-order valence-corrected chi connectivity index (χ4v) is 2.48. The SMILES string of the molecule is CCc1ccc(NC(=O)c2ccc(F)c3ccccc23)cc1. The van der Waals surface area contributed by atoms with Gasteiger partial charge >= 0.3 is 0 Å². The van der Waals surface area contributed by atoms with E-state index in [4.69, 9.17) is 0 Å². The molecule has 0 saturated heterocycles. The van der Waals surface area contributed by atoms with Gasteiger partial charge in [0, 0.05) is 16.6 Å². The molecule has 0 aliphatic heterocycles. The molecular weight excluding hydrogens is 277 g/mol. The Morgan fingerprint density at radius 2 is 1.64 bits per heavy atom. The maximum absolute atomic E-state index is 13.8. The van der Waals surface area contributed by atoms with E-state index in [1.807, 2.05) is 24.3 Å². The highest BCUT2D eigenvalue weighted by Crippen LogP contribution is 2.23. The Balaban J connectivity index is 1.93. The average Bonchev–Trinajstić information content (AvgIpc) is 2.56. The predicted octanol–water partition coefficient (Wildman–Crippen LogP) is 4.79. The first-order chi connectivity index (χ1) is 10.7. The van der Waals surface area contributed by atoms with Crippen LogP contribution in [0.25, 0.3) is 10.8 Å². The van der Waals surface area contributed by atoms with Gasteiger partial charge in [-0.15, -0.1) is 0 Å². The minimum absolute atomic E-state index is 0.236. The van der Waals surface area contributed by atoms with Crippen LogP contribution < -0.4 is 5.32 Å². The molecular formula is C19H16FNO. The minimum Gasteiger partial charge on any atom is -0.322 e. The van der Waals surface area contributed by atoms with Crippen molar-refractivity contribution in [2.75, 3.05) is 5.32 Å². The number of nitrogens with one attached hydrogen (secondary N) is 1. The Morgan fingerprint density at radius 3 is 2.32 bits per heavy atom. The number of anilines is 1. The molecule has 0 fully saturated rings. The Hall–Kier alpha value is -2.68. The third-order valence-electron chi connectivity index (χ3n) is 3.74. The molecule has 3 heteroatoms. The van der Waals surface area contributed by atoms with Gasteiger partial charge in [-0.2, -0.15) is 0 Å². The molecule has 0 bridgehead atoms. The Kier molecular flexibility index (Phi) is 3.88. The summed E-state index contributed by atoms with van der Waals surface area (Å²) in [6, 6.07) is 17.6. The number of fused-ring (bicyclic) bond motifs is 1. The van der Waals surface area contributed by atoms with Crippen LogP contribution in [0.5, 0.6) is 0 Å². The van der Waals surface area contributed by atoms with Crippen LogP contribution in [-0.2, 0) is 6.42 Å². The Bertz CT molecular complexity index is 824. The Labute approximate surface area is 128 Å². The second-order valence-electron chi connectivity index (χ2n) is 5.15. The van der Waals surface area contributed by atoms with E-state index in [0.29, 0.717) is 16.3 Å². The number of halogens is 1. The van der Waals surface area contributed by atoms with Crippen LogP contribution in [0.4, 0.5) is 10.1 Å². The van der Waals surface area contributed by atoms with E-state index in [0.717, 1.165) is 12.1 Å². The highest BCUT2D eigenvalue weighted by atomic mass is 19.1. The number of hydrogen-bond acceptors (Lipinski definition) is 1. The summed E-state index contributed by atoms with van der Waals surface area (Å²) in [4.78, 5) is 12.5. The molecule has 0 radical (unpaired) electrons. The molecule has 1 N–H and O–H groups in total. The molecule has 0 aliphatic rings. The molecule has 22 heavy (non-hydrogen) atoms. The van der Waals surface area contributed by atoms with Gasteiger partial charge in [-0.3, -0.25) is 4.79 Å². The van der Waals surface area contributed by atoms with Crippen molar-refractivity contribution in [2.45, 2.75) is 13.3 Å². The van der Waals surface area contributed by atoms with Crippen LogP contribution in [-0.4, -0.2) is 5.91 Å². The maximum Gasteiger partial charge on any atom is 0.256 e. The first-order valence-electron chi connectivity index (χ1n) is 7.26. The number of carbonyl (C=O) groups excluding carboxylic acids is 1. The van der Waals surface area contributed by atoms with E-state index in [1.54, 1.807) is 24.3 Å². The highest BCUT2D eigenvalue weighted by molar-refractivity contribution is 6.13. The van der Waals surface area contributed by atoms with Crippen LogP contribution in [0.15, 0.2) is 60.7 Å². The molecule has 2 nitrogen and oxygen atoms in total. The van der Waals surface area contributed by atoms with Crippen LogP contribution in [0.3, 0.4) is 0 Å². The zero-order chi connectivity index (χ0) is 15.5. The molecule has 110 valence electrons. The Morgan fingerprint density at radius 1 is 0.955 bits per heavy atom. The first kappa shape index (κ1) is 14.3. The van der Waals surface area contributed by atoms with Crippen molar-refractivity contribution in [1.82, 2.24) is 0 Å². The van der Waals surface area contributed by atoms with Crippen molar-refractivity contribution < 1.29 is 9.18 Å². The van der Waals surface area contributed by atoms with Crippen molar-refractivity contribution in [3.05, 3.63) is 77.6 Å².